The number of ether oxygens (including phenoxy) is 1. The third-order valence-electron chi connectivity index (χ3n) is 7.07. The van der Waals surface area contributed by atoms with E-state index in [9.17, 15) is 4.79 Å². The zero-order valence-electron chi connectivity index (χ0n) is 15.3. The van der Waals surface area contributed by atoms with Crippen molar-refractivity contribution in [2.45, 2.75) is 65.1 Å². The van der Waals surface area contributed by atoms with Crippen LogP contribution in [0.4, 0.5) is 5.69 Å². The molecule has 3 aliphatic carbocycles. The van der Waals surface area contributed by atoms with E-state index in [-0.39, 0.29) is 11.8 Å². The molecular weight excluding hydrogens is 382 g/mol. The van der Waals surface area contributed by atoms with Gasteiger partial charge in [-0.05, 0) is 71.2 Å². The molecule has 1 unspecified atom stereocenters. The molecule has 0 aromatic carbocycles. The highest BCUT2D eigenvalue weighted by molar-refractivity contribution is 9.10. The van der Waals surface area contributed by atoms with E-state index in [1.807, 2.05) is 0 Å². The Morgan fingerprint density at radius 3 is 2.80 bits per heavy atom. The molecular formula is C19H28BrN3O2. The average molecular weight is 410 g/mol. The molecule has 3 saturated carbocycles. The molecule has 0 radical (unpaired) electrons. The normalized spacial score (nSPS) is 36.6. The van der Waals surface area contributed by atoms with Crippen molar-refractivity contribution in [2.75, 3.05) is 11.9 Å². The molecule has 1 saturated heterocycles. The van der Waals surface area contributed by atoms with E-state index in [0.29, 0.717) is 28.5 Å². The number of nitrogens with one attached hydrogen (secondary N) is 1. The third-order valence-corrected chi connectivity index (χ3v) is 7.83. The van der Waals surface area contributed by atoms with Gasteiger partial charge in [-0.15, -0.1) is 0 Å². The molecule has 1 aliphatic heterocycles. The summed E-state index contributed by atoms with van der Waals surface area (Å²) in [6, 6.07) is 0.413. The van der Waals surface area contributed by atoms with Crippen molar-refractivity contribution < 1.29 is 4.74 Å². The first-order chi connectivity index (χ1) is 11.9. The fraction of sp³-hybridized carbons (Fsp3) is 0.789. The van der Waals surface area contributed by atoms with Crippen LogP contribution in [-0.2, 0) is 4.74 Å². The van der Waals surface area contributed by atoms with Crippen LogP contribution in [0.2, 0.25) is 0 Å². The zero-order valence-corrected chi connectivity index (χ0v) is 16.9. The van der Waals surface area contributed by atoms with E-state index >= 15 is 0 Å². The van der Waals surface area contributed by atoms with Crippen molar-refractivity contribution in [2.24, 2.45) is 23.2 Å². The highest BCUT2D eigenvalue weighted by Gasteiger charge is 2.56. The lowest BCUT2D eigenvalue weighted by Gasteiger charge is -2.62. The minimum absolute atomic E-state index is 0.106. The van der Waals surface area contributed by atoms with Crippen LogP contribution >= 0.6 is 15.9 Å². The number of aromatic nitrogens is 2. The molecule has 1 aromatic heterocycles. The number of hydrogen-bond acceptors (Lipinski definition) is 4. The number of anilines is 1. The van der Waals surface area contributed by atoms with Gasteiger partial charge in [-0.3, -0.25) is 4.79 Å². The Morgan fingerprint density at radius 1 is 1.36 bits per heavy atom. The Balaban J connectivity index is 1.52. The van der Waals surface area contributed by atoms with Crippen LogP contribution in [0.15, 0.2) is 15.5 Å². The fourth-order valence-corrected chi connectivity index (χ4v) is 5.61. The molecule has 4 fully saturated rings. The summed E-state index contributed by atoms with van der Waals surface area (Å²) in [7, 11) is 0. The summed E-state index contributed by atoms with van der Waals surface area (Å²) in [5.41, 5.74) is 1.17. The SMILES string of the molecule is C[C@@H]1[C@H]2C[C@@H](C[C@H]1Nc1cnn(C3CCCCO3)c(=O)c1Br)C2(C)C. The highest BCUT2D eigenvalue weighted by atomic mass is 79.9. The second-order valence-electron chi connectivity index (χ2n) is 8.65. The Hall–Kier alpha value is -0.880. The highest BCUT2D eigenvalue weighted by Crippen LogP contribution is 2.61. The fourth-order valence-electron chi connectivity index (χ4n) is 5.21. The lowest BCUT2D eigenvalue weighted by Crippen LogP contribution is -2.58. The van der Waals surface area contributed by atoms with Crippen LogP contribution in [0, 0.1) is 23.2 Å². The predicted molar refractivity (Wildman–Crippen MR) is 102 cm³/mol. The topological polar surface area (TPSA) is 56.1 Å². The third kappa shape index (κ3) is 2.85. The minimum Gasteiger partial charge on any atom is -0.380 e. The zero-order chi connectivity index (χ0) is 17.8. The number of halogens is 1. The van der Waals surface area contributed by atoms with Gasteiger partial charge >= 0.3 is 0 Å². The van der Waals surface area contributed by atoms with Crippen LogP contribution in [0.5, 0.6) is 0 Å². The quantitative estimate of drug-likeness (QED) is 0.812. The van der Waals surface area contributed by atoms with Gasteiger partial charge in [-0.25, -0.2) is 0 Å². The van der Waals surface area contributed by atoms with Gasteiger partial charge in [0, 0.05) is 12.6 Å². The van der Waals surface area contributed by atoms with Gasteiger partial charge < -0.3 is 10.1 Å². The molecule has 1 aromatic rings. The molecule has 6 heteroatoms. The Kier molecular flexibility index (Phi) is 4.47. The molecule has 25 heavy (non-hydrogen) atoms. The predicted octanol–water partition coefficient (Wildman–Crippen LogP) is 4.19. The van der Waals surface area contributed by atoms with Crippen LogP contribution in [0.25, 0.3) is 0 Å². The van der Waals surface area contributed by atoms with Crippen molar-refractivity contribution in [3.63, 3.8) is 0 Å². The van der Waals surface area contributed by atoms with Crippen molar-refractivity contribution in [1.82, 2.24) is 9.78 Å². The maximum Gasteiger partial charge on any atom is 0.285 e. The Bertz CT molecular complexity index is 711. The largest absolute Gasteiger partial charge is 0.380 e. The van der Waals surface area contributed by atoms with Crippen molar-refractivity contribution in [3.05, 3.63) is 21.0 Å². The van der Waals surface area contributed by atoms with Crippen molar-refractivity contribution in [1.29, 1.82) is 0 Å². The summed E-state index contributed by atoms with van der Waals surface area (Å²) >= 11 is 3.50. The van der Waals surface area contributed by atoms with E-state index in [1.165, 1.54) is 17.5 Å². The van der Waals surface area contributed by atoms with Crippen LogP contribution in [0.3, 0.4) is 0 Å². The minimum atomic E-state index is -0.228. The van der Waals surface area contributed by atoms with E-state index in [1.54, 1.807) is 6.20 Å². The summed E-state index contributed by atoms with van der Waals surface area (Å²) in [4.78, 5) is 12.7. The van der Waals surface area contributed by atoms with Crippen LogP contribution in [-0.4, -0.2) is 22.4 Å². The first kappa shape index (κ1) is 17.5. The van der Waals surface area contributed by atoms with Gasteiger partial charge in [0.2, 0.25) is 0 Å². The monoisotopic (exact) mass is 409 g/mol. The maximum absolute atomic E-state index is 12.7. The summed E-state index contributed by atoms with van der Waals surface area (Å²) in [6.07, 6.45) is 7.07. The Labute approximate surface area is 157 Å². The molecule has 5 nitrogen and oxygen atoms in total. The molecule has 1 N–H and O–H groups in total. The lowest BCUT2D eigenvalue weighted by molar-refractivity contribution is -0.105. The van der Waals surface area contributed by atoms with E-state index < -0.39 is 0 Å². The van der Waals surface area contributed by atoms with E-state index in [4.69, 9.17) is 4.74 Å². The summed E-state index contributed by atoms with van der Waals surface area (Å²) in [5.74, 6) is 2.16. The molecule has 0 spiro atoms. The van der Waals surface area contributed by atoms with Gasteiger partial charge in [0.05, 0.1) is 11.9 Å². The smallest absolute Gasteiger partial charge is 0.285 e. The van der Waals surface area contributed by atoms with Crippen molar-refractivity contribution >= 4 is 21.6 Å². The number of fused-ring (bicyclic) bond motifs is 2. The standard InChI is InChI=1S/C19H28BrN3O2/c1-11-13-8-12(19(13,2)3)9-14(11)22-15-10-21-23(18(24)17(15)20)16-6-4-5-7-25-16/h10-14,16,22H,4-9H2,1-3H3/t11-,12+,13-,14-,16?/m1/s1. The number of nitrogens with zero attached hydrogens (tertiary/aromatic N) is 2. The lowest BCUT2D eigenvalue weighted by atomic mass is 9.45. The molecule has 5 atom stereocenters. The summed E-state index contributed by atoms with van der Waals surface area (Å²) < 4.78 is 7.77. The van der Waals surface area contributed by atoms with E-state index in [2.05, 4.69) is 47.1 Å². The maximum atomic E-state index is 12.7. The first-order valence-electron chi connectivity index (χ1n) is 9.55. The second kappa shape index (κ2) is 6.38. The number of rotatable bonds is 3. The molecule has 2 heterocycles. The van der Waals surface area contributed by atoms with Gasteiger partial charge in [-0.2, -0.15) is 9.78 Å². The van der Waals surface area contributed by atoms with Crippen LogP contribution in [0.1, 0.15) is 59.1 Å². The van der Waals surface area contributed by atoms with Gasteiger partial charge in [0.25, 0.3) is 5.56 Å². The molecule has 2 bridgehead atoms. The molecule has 5 rings (SSSR count). The summed E-state index contributed by atoms with van der Waals surface area (Å²) in [6.45, 7) is 7.86. The van der Waals surface area contributed by atoms with Gasteiger partial charge in [0.15, 0.2) is 6.23 Å². The molecule has 4 aliphatic rings. The van der Waals surface area contributed by atoms with Crippen LogP contribution < -0.4 is 10.9 Å². The molecule has 138 valence electrons. The van der Waals surface area contributed by atoms with E-state index in [0.717, 1.165) is 36.8 Å². The number of hydrogen-bond donors (Lipinski definition) is 1. The molecule has 0 amide bonds. The summed E-state index contributed by atoms with van der Waals surface area (Å²) in [5, 5.41) is 8.00. The Morgan fingerprint density at radius 2 is 2.16 bits per heavy atom. The van der Waals surface area contributed by atoms with Gasteiger partial charge in [-0.1, -0.05) is 20.8 Å². The second-order valence-corrected chi connectivity index (χ2v) is 9.44. The average Bonchev–Trinajstić information content (AvgIpc) is 2.61. The first-order valence-corrected chi connectivity index (χ1v) is 10.3. The van der Waals surface area contributed by atoms with Crippen molar-refractivity contribution in [3.8, 4) is 0 Å². The van der Waals surface area contributed by atoms with Gasteiger partial charge in [0.1, 0.15) is 4.47 Å².